The van der Waals surface area contributed by atoms with Crippen LogP contribution >= 0.6 is 0 Å². The van der Waals surface area contributed by atoms with E-state index in [0.29, 0.717) is 12.8 Å². The number of ketones is 2. The quantitative estimate of drug-likeness (QED) is 0.433. The molecule has 5 aliphatic carbocycles. The van der Waals surface area contributed by atoms with Gasteiger partial charge >= 0.3 is 0 Å². The highest BCUT2D eigenvalue weighted by Gasteiger charge is 2.67. The number of fused-ring (bicyclic) bond motifs is 7. The molecule has 41 heavy (non-hydrogen) atoms. The molecule has 3 fully saturated rings. The van der Waals surface area contributed by atoms with Crippen LogP contribution in [0, 0.1) is 28.6 Å². The van der Waals surface area contributed by atoms with Crippen molar-refractivity contribution in [2.45, 2.75) is 83.3 Å². The van der Waals surface area contributed by atoms with E-state index in [0.717, 1.165) is 54.3 Å². The molecule has 1 aromatic carbocycles. The summed E-state index contributed by atoms with van der Waals surface area (Å²) in [7, 11) is 0. The van der Waals surface area contributed by atoms with Crippen LogP contribution in [0.4, 0.5) is 5.69 Å². The average molecular weight is 559 g/mol. The fourth-order valence-corrected chi connectivity index (χ4v) is 9.33. The van der Waals surface area contributed by atoms with Crippen LogP contribution in [0.3, 0.4) is 0 Å². The number of carbonyl (C=O) groups is 2. The van der Waals surface area contributed by atoms with Crippen molar-refractivity contribution < 1.29 is 24.9 Å². The van der Waals surface area contributed by atoms with Gasteiger partial charge in [-0.2, -0.15) is 0 Å². The molecular weight excluding hydrogens is 516 g/mol. The molecule has 1 heterocycles. The number of allylic oxidation sites excluding steroid dienone is 4. The van der Waals surface area contributed by atoms with Crippen molar-refractivity contribution in [1.82, 2.24) is 4.98 Å². The van der Waals surface area contributed by atoms with E-state index in [9.17, 15) is 24.9 Å². The molecule has 7 atom stereocenters. The van der Waals surface area contributed by atoms with Crippen molar-refractivity contribution >= 4 is 28.2 Å². The predicted molar refractivity (Wildman–Crippen MR) is 158 cm³/mol. The summed E-state index contributed by atoms with van der Waals surface area (Å²) in [6.07, 6.45) is 12.4. The molecule has 7 heteroatoms. The first kappa shape index (κ1) is 28.3. The average Bonchev–Trinajstić information content (AvgIpc) is 3.24. The zero-order valence-electron chi connectivity index (χ0n) is 24.1. The fraction of sp³-hybridized carbons (Fsp3) is 0.559. The highest BCUT2D eigenvalue weighted by atomic mass is 16.3. The number of hydrogen-bond donors (Lipinski definition) is 4. The number of benzene rings is 1. The highest BCUT2D eigenvalue weighted by Crippen LogP contribution is 2.67. The summed E-state index contributed by atoms with van der Waals surface area (Å²) in [5.74, 6) is -0.227. The topological polar surface area (TPSA) is 134 Å². The number of nitrogen functional groups attached to an aromatic ring is 1. The van der Waals surface area contributed by atoms with Crippen LogP contribution in [-0.4, -0.2) is 50.2 Å². The maximum absolute atomic E-state index is 12.4. The van der Waals surface area contributed by atoms with Crippen LogP contribution in [-0.2, 0) is 22.4 Å². The number of aliphatic hydroxyl groups is 3. The third-order valence-electron chi connectivity index (χ3n) is 11.5. The summed E-state index contributed by atoms with van der Waals surface area (Å²) >= 11 is 0. The van der Waals surface area contributed by atoms with Gasteiger partial charge in [-0.25, -0.2) is 0 Å². The first-order chi connectivity index (χ1) is 19.5. The van der Waals surface area contributed by atoms with Gasteiger partial charge in [0, 0.05) is 33.5 Å². The van der Waals surface area contributed by atoms with E-state index in [-0.39, 0.29) is 29.0 Å². The zero-order valence-corrected chi connectivity index (χ0v) is 24.1. The minimum absolute atomic E-state index is 0.00912. The largest absolute Gasteiger partial charge is 0.398 e. The normalized spacial score (nSPS) is 37.2. The summed E-state index contributed by atoms with van der Waals surface area (Å²) in [6, 6.07) is 8.15. The minimum atomic E-state index is -1.56. The lowest BCUT2D eigenvalue weighted by atomic mass is 9.46. The second kappa shape index (κ2) is 10.1. The number of pyridine rings is 1. The minimum Gasteiger partial charge on any atom is -0.398 e. The highest BCUT2D eigenvalue weighted by molar-refractivity contribution is 6.01. The fourth-order valence-electron chi connectivity index (χ4n) is 9.33. The van der Waals surface area contributed by atoms with Gasteiger partial charge in [0.15, 0.2) is 11.6 Å². The van der Waals surface area contributed by atoms with Crippen molar-refractivity contribution in [3.8, 4) is 0 Å². The molecule has 0 aliphatic heterocycles. The van der Waals surface area contributed by atoms with E-state index < -0.39 is 29.5 Å². The van der Waals surface area contributed by atoms with Gasteiger partial charge < -0.3 is 21.1 Å². The third kappa shape index (κ3) is 4.23. The van der Waals surface area contributed by atoms with Crippen molar-refractivity contribution in [2.24, 2.45) is 28.6 Å². The number of aliphatic hydroxyl groups excluding tert-OH is 2. The maximum Gasteiger partial charge on any atom is 0.190 e. The Bertz CT molecular complexity index is 1460. The van der Waals surface area contributed by atoms with Gasteiger partial charge in [0.25, 0.3) is 0 Å². The van der Waals surface area contributed by atoms with Crippen LogP contribution < -0.4 is 5.73 Å². The number of para-hydroxylation sites is 1. The first-order valence-electron chi connectivity index (χ1n) is 15.2. The molecule has 0 saturated heterocycles. The van der Waals surface area contributed by atoms with Crippen molar-refractivity contribution in [3.63, 3.8) is 0 Å². The van der Waals surface area contributed by atoms with Gasteiger partial charge in [-0.05, 0) is 93.4 Å². The van der Waals surface area contributed by atoms with Gasteiger partial charge in [-0.15, -0.1) is 0 Å². The lowest BCUT2D eigenvalue weighted by Gasteiger charge is -2.59. The predicted octanol–water partition coefficient (Wildman–Crippen LogP) is 4.25. The molecule has 0 radical (unpaired) electrons. The number of aryl methyl sites for hydroxylation is 1. The molecule has 7 nitrogen and oxygen atoms in total. The maximum atomic E-state index is 12.4. The summed E-state index contributed by atoms with van der Waals surface area (Å²) in [5.41, 5.74) is 9.16. The van der Waals surface area contributed by atoms with Gasteiger partial charge in [-0.1, -0.05) is 43.7 Å². The molecule has 0 spiro atoms. The molecule has 0 unspecified atom stereocenters. The number of carbonyl (C=O) groups excluding carboxylic acids is 2. The van der Waals surface area contributed by atoms with Crippen LogP contribution in [0.15, 0.2) is 48.1 Å². The molecule has 5 aliphatic rings. The number of hydrogen-bond acceptors (Lipinski definition) is 7. The molecule has 0 bridgehead atoms. The number of Topliss-reactive ketones (excluding diaryl/α,β-unsaturated/α-hetero) is 1. The lowest BCUT2D eigenvalue weighted by molar-refractivity contribution is -0.178. The Hall–Kier alpha value is -2.87. The first-order valence-corrected chi connectivity index (χ1v) is 15.2. The summed E-state index contributed by atoms with van der Waals surface area (Å²) in [4.78, 5) is 28.9. The molecule has 1 aromatic heterocycles. The van der Waals surface area contributed by atoms with Gasteiger partial charge in [-0.3, -0.25) is 14.6 Å². The van der Waals surface area contributed by atoms with E-state index in [4.69, 9.17) is 10.7 Å². The number of anilines is 1. The summed E-state index contributed by atoms with van der Waals surface area (Å²) in [6.45, 7) is 3.34. The molecule has 3 saturated carbocycles. The number of rotatable bonds is 2. The van der Waals surface area contributed by atoms with Crippen molar-refractivity contribution in [2.75, 3.05) is 12.3 Å². The lowest BCUT2D eigenvalue weighted by Crippen LogP contribution is -2.61. The summed E-state index contributed by atoms with van der Waals surface area (Å²) in [5, 5.41) is 32.8. The number of nitrogens with zero attached hydrogens (tertiary/aromatic N) is 1. The van der Waals surface area contributed by atoms with Crippen molar-refractivity contribution in [3.05, 3.63) is 59.3 Å². The second-order valence-electron chi connectivity index (χ2n) is 13.4. The van der Waals surface area contributed by atoms with E-state index in [1.54, 1.807) is 12.2 Å². The monoisotopic (exact) mass is 558 g/mol. The zero-order chi connectivity index (χ0) is 29.2. The molecule has 0 amide bonds. The molecule has 5 N–H and O–H groups in total. The molecule has 7 rings (SSSR count). The van der Waals surface area contributed by atoms with Crippen LogP contribution in [0.1, 0.15) is 70.1 Å². The third-order valence-corrected chi connectivity index (χ3v) is 11.5. The van der Waals surface area contributed by atoms with E-state index in [1.165, 1.54) is 24.1 Å². The van der Waals surface area contributed by atoms with Crippen molar-refractivity contribution in [1.29, 1.82) is 0 Å². The Morgan fingerprint density at radius 3 is 2.66 bits per heavy atom. The Balaban J connectivity index is 0.000000170. The Morgan fingerprint density at radius 1 is 1.12 bits per heavy atom. The van der Waals surface area contributed by atoms with E-state index in [1.807, 2.05) is 31.2 Å². The Labute approximate surface area is 241 Å². The smallest absolute Gasteiger partial charge is 0.190 e. The second-order valence-corrected chi connectivity index (χ2v) is 13.4. The van der Waals surface area contributed by atoms with Gasteiger partial charge in [0.05, 0.1) is 11.6 Å². The molecular formula is C34H42N2O5. The van der Waals surface area contributed by atoms with E-state index >= 15 is 0 Å². The molecule has 2 aromatic rings. The standard InChI is InChI=1S/C21H28O5.C13H14N2/c1-19-7-5-13(23)9-12(19)3-4-14-15-6-8-21(26,17(25)11-22)20(15,2)10-16(24)18(14)19;14-13-9-5-1-3-7-11(9)15-12-8-4-2-6-10(12)13/h5,7,9,14-16,18,22,24,26H,3-4,6,8,10-11H2,1-2H3;1,3,5,7H,2,4,6,8H2,(H2,14,15)/t14-,15-,16-,18+,19-,20-,21-;/m0./s1. The molecule has 218 valence electrons. The van der Waals surface area contributed by atoms with Crippen LogP contribution in [0.5, 0.6) is 0 Å². The van der Waals surface area contributed by atoms with E-state index in [2.05, 4.69) is 13.0 Å². The Morgan fingerprint density at radius 2 is 1.88 bits per heavy atom. The number of nitrogens with two attached hydrogens (primary N) is 1. The Kier molecular flexibility index (Phi) is 6.99. The van der Waals surface area contributed by atoms with Gasteiger partial charge in [0.1, 0.15) is 12.2 Å². The van der Waals surface area contributed by atoms with Crippen LogP contribution in [0.25, 0.3) is 10.9 Å². The number of aromatic nitrogens is 1. The SMILES string of the molecule is C[C@]12C=CC(=O)C=C1CC[C@@H]1[C@@H]2[C@@H](O)C[C@@]2(C)[C@H]1CC[C@]2(O)C(=O)CO.Nc1c2c(nc3ccccc13)CCCC2. The summed E-state index contributed by atoms with van der Waals surface area (Å²) < 4.78 is 0. The van der Waals surface area contributed by atoms with Crippen LogP contribution in [0.2, 0.25) is 0 Å². The van der Waals surface area contributed by atoms with Gasteiger partial charge in [0.2, 0.25) is 0 Å².